The first kappa shape index (κ1) is 26.2. The zero-order valence-corrected chi connectivity index (χ0v) is 23.6. The molecule has 8 atom stereocenters. The van der Waals surface area contributed by atoms with E-state index in [0.29, 0.717) is 28.9 Å². The average Bonchev–Trinajstić information content (AvgIpc) is 3.31. The molecule has 1 N–H and O–H groups in total. The van der Waals surface area contributed by atoms with Gasteiger partial charge in [-0.2, -0.15) is 0 Å². The van der Waals surface area contributed by atoms with Crippen LogP contribution in [0.4, 0.5) is 0 Å². The fraction of sp³-hybridized carbons (Fsp3) is 0.833. The van der Waals surface area contributed by atoms with Gasteiger partial charge in [-0.05, 0) is 111 Å². The Hall–Kier alpha value is -0.900. The molecule has 4 aliphatic carbocycles. The highest BCUT2D eigenvalue weighted by Gasteiger charge is 2.60. The minimum Gasteiger partial charge on any atom is -0.275 e. The minimum atomic E-state index is -0.0263. The maximum Gasteiger partial charge on any atom is 0.268 e. The summed E-state index contributed by atoms with van der Waals surface area (Å²) in [6.45, 7) is 18.8. The second-order valence-corrected chi connectivity index (χ2v) is 12.9. The van der Waals surface area contributed by atoms with Crippen molar-refractivity contribution in [1.29, 1.82) is 0 Å². The predicted octanol–water partition coefficient (Wildman–Crippen LogP) is 8.04. The largest absolute Gasteiger partial charge is 0.275 e. The van der Waals surface area contributed by atoms with Crippen LogP contribution in [0.5, 0.6) is 0 Å². The Labute approximate surface area is 214 Å². The van der Waals surface area contributed by atoms with Gasteiger partial charge in [0.1, 0.15) is 0 Å². The smallest absolute Gasteiger partial charge is 0.268 e. The third-order valence-electron chi connectivity index (χ3n) is 11.4. The zero-order chi connectivity index (χ0) is 24.8. The van der Waals surface area contributed by atoms with Crippen molar-refractivity contribution >= 4 is 12.6 Å². The predicted molar refractivity (Wildman–Crippen MR) is 147 cm³/mol. The minimum absolute atomic E-state index is 0.0263. The van der Waals surface area contributed by atoms with Crippen molar-refractivity contribution in [1.82, 2.24) is 9.78 Å². The summed E-state index contributed by atoms with van der Waals surface area (Å²) in [5.41, 5.74) is 2.94. The highest BCUT2D eigenvalue weighted by molar-refractivity contribution is 7.80. The maximum absolute atomic E-state index is 12.0. The molecule has 0 spiro atoms. The van der Waals surface area contributed by atoms with Gasteiger partial charge in [-0.25, -0.2) is 0 Å². The number of nitrogens with one attached hydrogen (secondary N) is 1. The van der Waals surface area contributed by atoms with Crippen molar-refractivity contribution in [3.05, 3.63) is 28.1 Å². The molecule has 3 nitrogen and oxygen atoms in total. The molecule has 0 radical (unpaired) electrons. The SMILES string of the molecule is C=C(Cn1[nH]c(=O)c(C)c1S)C1CCC2C3CCC4CC(CC)CCC4(C)C3CCC12C.CC. The zero-order valence-electron chi connectivity index (χ0n) is 22.8. The van der Waals surface area contributed by atoms with Gasteiger partial charge in [0.2, 0.25) is 0 Å². The first-order valence-corrected chi connectivity index (χ1v) is 14.8. The van der Waals surface area contributed by atoms with Crippen LogP contribution >= 0.6 is 12.6 Å². The lowest BCUT2D eigenvalue weighted by molar-refractivity contribution is -0.116. The first-order chi connectivity index (χ1) is 16.2. The molecule has 4 heteroatoms. The molecular formula is C30H50N2OS. The lowest BCUT2D eigenvalue weighted by atomic mass is 9.44. The highest BCUT2D eigenvalue weighted by atomic mass is 32.1. The summed E-state index contributed by atoms with van der Waals surface area (Å²) in [4.78, 5) is 12.0. The van der Waals surface area contributed by atoms with Gasteiger partial charge in [0.05, 0.1) is 11.6 Å². The van der Waals surface area contributed by atoms with Gasteiger partial charge < -0.3 is 0 Å². The van der Waals surface area contributed by atoms with E-state index in [0.717, 1.165) is 34.6 Å². The summed E-state index contributed by atoms with van der Waals surface area (Å²) >= 11 is 4.58. The van der Waals surface area contributed by atoms with Crippen molar-refractivity contribution < 1.29 is 0 Å². The van der Waals surface area contributed by atoms with E-state index in [4.69, 9.17) is 0 Å². The standard InChI is InChI=1S/C28H44N2OS.C2H6/c1-6-19-11-13-27(4)20(15-19)7-8-21-23-10-9-22(28(23,5)14-12-24(21)27)17(2)16-30-26(32)18(3)25(31)29-30;1-2/h19-24,32H,2,6-16H2,1,3-5H3,(H,29,31);1-2H3. The van der Waals surface area contributed by atoms with Crippen LogP contribution in [0.25, 0.3) is 0 Å². The molecule has 5 rings (SSSR count). The number of rotatable bonds is 4. The number of hydrogen-bond acceptors (Lipinski definition) is 2. The van der Waals surface area contributed by atoms with Gasteiger partial charge in [-0.1, -0.05) is 53.2 Å². The van der Waals surface area contributed by atoms with Crippen molar-refractivity contribution in [2.45, 2.75) is 117 Å². The van der Waals surface area contributed by atoms with Gasteiger partial charge in [-0.15, -0.1) is 12.6 Å². The summed E-state index contributed by atoms with van der Waals surface area (Å²) in [7, 11) is 0. The molecule has 4 aliphatic rings. The van der Waals surface area contributed by atoms with E-state index in [1.165, 1.54) is 69.8 Å². The van der Waals surface area contributed by atoms with Crippen LogP contribution in [0.1, 0.15) is 104 Å². The summed E-state index contributed by atoms with van der Waals surface area (Å²) in [5.74, 6) is 5.23. The highest BCUT2D eigenvalue weighted by Crippen LogP contribution is 2.68. The Kier molecular flexibility index (Phi) is 7.59. The number of hydrogen-bond donors (Lipinski definition) is 2. The Balaban J connectivity index is 0.00000133. The molecule has 0 aliphatic heterocycles. The van der Waals surface area contributed by atoms with E-state index in [1.54, 1.807) is 0 Å². The summed E-state index contributed by atoms with van der Waals surface area (Å²) < 4.78 is 1.91. The van der Waals surface area contributed by atoms with Crippen LogP contribution in [0.2, 0.25) is 0 Å². The number of aromatic nitrogens is 2. The molecule has 4 saturated carbocycles. The van der Waals surface area contributed by atoms with Gasteiger partial charge in [0, 0.05) is 5.56 Å². The molecule has 0 bridgehead atoms. The molecular weight excluding hydrogens is 436 g/mol. The maximum atomic E-state index is 12.0. The van der Waals surface area contributed by atoms with Gasteiger partial charge in [0.25, 0.3) is 5.56 Å². The molecule has 4 fully saturated rings. The van der Waals surface area contributed by atoms with E-state index in [-0.39, 0.29) is 5.56 Å². The second kappa shape index (κ2) is 9.87. The topological polar surface area (TPSA) is 37.8 Å². The fourth-order valence-corrected chi connectivity index (χ4v) is 9.60. The van der Waals surface area contributed by atoms with Gasteiger partial charge >= 0.3 is 0 Å². The molecule has 0 saturated heterocycles. The van der Waals surface area contributed by atoms with Crippen molar-refractivity contribution in [3.63, 3.8) is 0 Å². The summed E-state index contributed by atoms with van der Waals surface area (Å²) in [5, 5.41) is 3.72. The lowest BCUT2D eigenvalue weighted by Gasteiger charge is -2.61. The van der Waals surface area contributed by atoms with E-state index in [2.05, 4.69) is 45.1 Å². The fourth-order valence-electron chi connectivity index (χ4n) is 9.38. The Morgan fingerprint density at radius 2 is 1.74 bits per heavy atom. The molecule has 0 amide bonds. The Morgan fingerprint density at radius 1 is 1.06 bits per heavy atom. The normalized spacial score (nSPS) is 41.0. The molecule has 1 aromatic rings. The van der Waals surface area contributed by atoms with E-state index in [1.807, 2.05) is 25.5 Å². The first-order valence-electron chi connectivity index (χ1n) is 14.3. The third kappa shape index (κ3) is 4.08. The monoisotopic (exact) mass is 486 g/mol. The molecule has 192 valence electrons. The van der Waals surface area contributed by atoms with Gasteiger partial charge in [0.15, 0.2) is 0 Å². The van der Waals surface area contributed by atoms with E-state index >= 15 is 0 Å². The molecule has 34 heavy (non-hydrogen) atoms. The number of aromatic amines is 1. The number of H-pyrrole nitrogens is 1. The van der Waals surface area contributed by atoms with Crippen LogP contribution < -0.4 is 5.56 Å². The Bertz CT molecular complexity index is 946. The lowest BCUT2D eigenvalue weighted by Crippen LogP contribution is -2.53. The summed E-state index contributed by atoms with van der Waals surface area (Å²) in [6.07, 6.45) is 14.2. The van der Waals surface area contributed by atoms with Crippen LogP contribution in [-0.4, -0.2) is 9.78 Å². The van der Waals surface area contributed by atoms with Crippen LogP contribution in [0.15, 0.2) is 22.0 Å². The van der Waals surface area contributed by atoms with Crippen molar-refractivity contribution in [2.24, 2.45) is 46.3 Å². The second-order valence-electron chi connectivity index (χ2n) is 12.5. The summed E-state index contributed by atoms with van der Waals surface area (Å²) in [6, 6.07) is 0. The number of nitrogens with zero attached hydrogens (tertiary/aromatic N) is 1. The molecule has 1 heterocycles. The number of allylic oxidation sites excluding steroid dienone is 1. The Morgan fingerprint density at radius 3 is 2.38 bits per heavy atom. The number of thiol groups is 1. The quantitative estimate of drug-likeness (QED) is 0.328. The van der Waals surface area contributed by atoms with Crippen LogP contribution in [0, 0.1) is 53.3 Å². The van der Waals surface area contributed by atoms with Crippen molar-refractivity contribution in [2.75, 3.05) is 0 Å². The molecule has 0 aromatic carbocycles. The molecule has 1 aromatic heterocycles. The van der Waals surface area contributed by atoms with Crippen LogP contribution in [-0.2, 0) is 6.54 Å². The van der Waals surface area contributed by atoms with E-state index < -0.39 is 0 Å². The average molecular weight is 487 g/mol. The van der Waals surface area contributed by atoms with Crippen LogP contribution in [0.3, 0.4) is 0 Å². The van der Waals surface area contributed by atoms with E-state index in [9.17, 15) is 4.79 Å². The molecule has 8 unspecified atom stereocenters. The number of fused-ring (bicyclic) bond motifs is 5. The van der Waals surface area contributed by atoms with Gasteiger partial charge in [-0.3, -0.25) is 14.6 Å². The third-order valence-corrected chi connectivity index (χ3v) is 12.0. The van der Waals surface area contributed by atoms with Crippen molar-refractivity contribution in [3.8, 4) is 0 Å².